The molecule has 0 saturated carbocycles. The second kappa shape index (κ2) is 5.74. The zero-order valence-corrected chi connectivity index (χ0v) is 12.8. The van der Waals surface area contributed by atoms with Crippen molar-refractivity contribution in [1.82, 2.24) is 0 Å². The average Bonchev–Trinajstić information content (AvgIpc) is 2.41. The first-order chi connectivity index (χ1) is 9.02. The highest BCUT2D eigenvalue weighted by molar-refractivity contribution is 9.09. The summed E-state index contributed by atoms with van der Waals surface area (Å²) in [5.74, 6) is 0.672. The van der Waals surface area contributed by atoms with Crippen molar-refractivity contribution in [2.24, 2.45) is 0 Å². The minimum Gasteiger partial charge on any atom is -0.497 e. The van der Waals surface area contributed by atoms with Crippen molar-refractivity contribution in [3.63, 3.8) is 0 Å². The van der Waals surface area contributed by atoms with Crippen molar-refractivity contribution in [1.29, 1.82) is 0 Å². The molecule has 2 aromatic rings. The molecule has 0 aliphatic carbocycles. The lowest BCUT2D eigenvalue weighted by atomic mass is 9.99. The second-order valence-corrected chi connectivity index (χ2v) is 5.51. The van der Waals surface area contributed by atoms with Crippen molar-refractivity contribution in [2.45, 2.75) is 18.7 Å². The van der Waals surface area contributed by atoms with Gasteiger partial charge in [-0.2, -0.15) is 0 Å². The van der Waals surface area contributed by atoms with E-state index in [1.165, 1.54) is 6.07 Å². The van der Waals surface area contributed by atoms with E-state index in [0.29, 0.717) is 5.56 Å². The van der Waals surface area contributed by atoms with E-state index in [0.717, 1.165) is 22.4 Å². The van der Waals surface area contributed by atoms with Crippen LogP contribution in [0.4, 0.5) is 4.39 Å². The number of alkyl halides is 1. The van der Waals surface area contributed by atoms with Gasteiger partial charge in [-0.3, -0.25) is 0 Å². The smallest absolute Gasteiger partial charge is 0.126 e. The molecule has 0 spiro atoms. The molecule has 1 unspecified atom stereocenters. The number of ether oxygens (including phenoxy) is 1. The molecule has 2 aromatic carbocycles. The summed E-state index contributed by atoms with van der Waals surface area (Å²) < 4.78 is 18.5. The Morgan fingerprint density at radius 2 is 1.79 bits per heavy atom. The van der Waals surface area contributed by atoms with E-state index in [2.05, 4.69) is 15.9 Å². The topological polar surface area (TPSA) is 9.23 Å². The van der Waals surface area contributed by atoms with Gasteiger partial charge in [0.25, 0.3) is 0 Å². The van der Waals surface area contributed by atoms with Gasteiger partial charge in [-0.25, -0.2) is 4.39 Å². The first kappa shape index (κ1) is 14.1. The molecule has 0 saturated heterocycles. The van der Waals surface area contributed by atoms with Crippen LogP contribution in [0.1, 0.15) is 27.1 Å². The Kier molecular flexibility index (Phi) is 4.25. The summed E-state index contributed by atoms with van der Waals surface area (Å²) in [5, 5.41) is 0. The van der Waals surface area contributed by atoms with Gasteiger partial charge in [-0.15, -0.1) is 0 Å². The molecular weight excluding hydrogens is 307 g/mol. The molecule has 0 fully saturated rings. The molecule has 0 N–H and O–H groups in total. The average molecular weight is 323 g/mol. The van der Waals surface area contributed by atoms with Crippen molar-refractivity contribution >= 4 is 15.9 Å². The van der Waals surface area contributed by atoms with Crippen molar-refractivity contribution in [3.05, 3.63) is 64.5 Å². The lowest BCUT2D eigenvalue weighted by Crippen LogP contribution is -1.98. The lowest BCUT2D eigenvalue weighted by molar-refractivity contribution is 0.414. The number of hydrogen-bond acceptors (Lipinski definition) is 1. The Labute approximate surface area is 121 Å². The molecule has 0 aromatic heterocycles. The molecule has 0 aliphatic heterocycles. The first-order valence-electron chi connectivity index (χ1n) is 6.07. The van der Waals surface area contributed by atoms with Crippen LogP contribution in [-0.2, 0) is 0 Å². The van der Waals surface area contributed by atoms with E-state index in [4.69, 9.17) is 4.74 Å². The Hall–Kier alpha value is -1.35. The molecule has 1 atom stereocenters. The first-order valence-corrected chi connectivity index (χ1v) is 6.99. The molecule has 0 radical (unpaired) electrons. The Bertz CT molecular complexity index is 595. The van der Waals surface area contributed by atoms with Crippen molar-refractivity contribution < 1.29 is 9.13 Å². The van der Waals surface area contributed by atoms with Gasteiger partial charge in [0.15, 0.2) is 0 Å². The fraction of sp³-hybridized carbons (Fsp3) is 0.250. The SMILES string of the molecule is COc1ccc(C(Br)c2ccc(F)c(C)c2)c(C)c1. The van der Waals surface area contributed by atoms with Crippen LogP contribution in [0.25, 0.3) is 0 Å². The molecule has 100 valence electrons. The highest BCUT2D eigenvalue weighted by Gasteiger charge is 2.14. The molecule has 19 heavy (non-hydrogen) atoms. The van der Waals surface area contributed by atoms with Gasteiger partial charge in [-0.05, 0) is 54.3 Å². The number of rotatable bonds is 3. The Morgan fingerprint density at radius 1 is 1.05 bits per heavy atom. The van der Waals surface area contributed by atoms with Gasteiger partial charge in [0.05, 0.1) is 11.9 Å². The number of methoxy groups -OCH3 is 1. The summed E-state index contributed by atoms with van der Waals surface area (Å²) in [6, 6.07) is 11.2. The summed E-state index contributed by atoms with van der Waals surface area (Å²) in [6.07, 6.45) is 0. The number of halogens is 2. The normalized spacial score (nSPS) is 12.3. The Morgan fingerprint density at radius 3 is 2.37 bits per heavy atom. The van der Waals surface area contributed by atoms with Gasteiger partial charge >= 0.3 is 0 Å². The van der Waals surface area contributed by atoms with E-state index in [9.17, 15) is 4.39 Å². The highest BCUT2D eigenvalue weighted by Crippen LogP contribution is 2.34. The zero-order chi connectivity index (χ0) is 14.0. The molecule has 3 heteroatoms. The van der Waals surface area contributed by atoms with Crippen LogP contribution < -0.4 is 4.74 Å². The minimum atomic E-state index is -0.171. The van der Waals surface area contributed by atoms with Crippen molar-refractivity contribution in [2.75, 3.05) is 7.11 Å². The molecule has 2 rings (SSSR count). The van der Waals surface area contributed by atoms with Crippen LogP contribution in [0.2, 0.25) is 0 Å². The van der Waals surface area contributed by atoms with Crippen LogP contribution in [0.5, 0.6) is 5.75 Å². The van der Waals surface area contributed by atoms with Gasteiger partial charge in [0.1, 0.15) is 11.6 Å². The van der Waals surface area contributed by atoms with Crippen LogP contribution in [0.3, 0.4) is 0 Å². The van der Waals surface area contributed by atoms with E-state index in [1.54, 1.807) is 14.0 Å². The monoisotopic (exact) mass is 322 g/mol. The third-order valence-electron chi connectivity index (χ3n) is 3.22. The third kappa shape index (κ3) is 2.98. The largest absolute Gasteiger partial charge is 0.497 e. The minimum absolute atomic E-state index is 0.0534. The Balaban J connectivity index is 2.38. The standard InChI is InChI=1S/C16H16BrFO/c1-10-9-13(19-3)5-6-14(10)16(17)12-4-7-15(18)11(2)8-12/h4-9,16H,1-3H3. The maximum absolute atomic E-state index is 13.3. The lowest BCUT2D eigenvalue weighted by Gasteiger charge is -2.15. The summed E-state index contributed by atoms with van der Waals surface area (Å²) in [4.78, 5) is 0.0534. The van der Waals surface area contributed by atoms with Gasteiger partial charge in [-0.1, -0.05) is 34.1 Å². The van der Waals surface area contributed by atoms with Crippen LogP contribution in [0.15, 0.2) is 36.4 Å². The van der Waals surface area contributed by atoms with Crippen LogP contribution >= 0.6 is 15.9 Å². The highest BCUT2D eigenvalue weighted by atomic mass is 79.9. The van der Waals surface area contributed by atoms with Crippen LogP contribution in [-0.4, -0.2) is 7.11 Å². The zero-order valence-electron chi connectivity index (χ0n) is 11.2. The van der Waals surface area contributed by atoms with E-state index >= 15 is 0 Å². The quantitative estimate of drug-likeness (QED) is 0.727. The van der Waals surface area contributed by atoms with E-state index < -0.39 is 0 Å². The van der Waals surface area contributed by atoms with E-state index in [-0.39, 0.29) is 10.6 Å². The van der Waals surface area contributed by atoms with Gasteiger partial charge < -0.3 is 4.74 Å². The summed E-state index contributed by atoms with van der Waals surface area (Å²) >= 11 is 3.69. The van der Waals surface area contributed by atoms with Gasteiger partial charge in [0.2, 0.25) is 0 Å². The van der Waals surface area contributed by atoms with Gasteiger partial charge in [0, 0.05) is 0 Å². The molecule has 0 heterocycles. The summed E-state index contributed by atoms with van der Waals surface area (Å²) in [7, 11) is 1.66. The predicted molar refractivity (Wildman–Crippen MR) is 79.6 cm³/mol. The van der Waals surface area contributed by atoms with Crippen molar-refractivity contribution in [3.8, 4) is 5.75 Å². The van der Waals surface area contributed by atoms with Crippen LogP contribution in [0, 0.1) is 19.7 Å². The molecule has 0 aliphatic rings. The molecule has 0 amide bonds. The fourth-order valence-electron chi connectivity index (χ4n) is 2.06. The summed E-state index contributed by atoms with van der Waals surface area (Å²) in [5.41, 5.74) is 4.01. The maximum atomic E-state index is 13.3. The third-order valence-corrected chi connectivity index (χ3v) is 4.25. The molecule has 0 bridgehead atoms. The summed E-state index contributed by atoms with van der Waals surface area (Å²) in [6.45, 7) is 3.82. The number of aryl methyl sites for hydroxylation is 2. The molecule has 1 nitrogen and oxygen atoms in total. The maximum Gasteiger partial charge on any atom is 0.126 e. The number of benzene rings is 2. The van der Waals surface area contributed by atoms with E-state index in [1.807, 2.05) is 37.3 Å². The predicted octanol–water partition coefficient (Wildman–Crippen LogP) is 4.94. The fourth-order valence-corrected chi connectivity index (χ4v) is 2.86. The second-order valence-electron chi connectivity index (χ2n) is 4.59. The molecular formula is C16H16BrFO. The number of hydrogen-bond donors (Lipinski definition) is 0.